The van der Waals surface area contributed by atoms with Crippen molar-refractivity contribution in [2.45, 2.75) is 38.7 Å². The quantitative estimate of drug-likeness (QED) is 0.337. The maximum absolute atomic E-state index is 6.11. The average Bonchev–Trinajstić information content (AvgIpc) is 3.77. The second-order valence-electron chi connectivity index (χ2n) is 10.5. The lowest BCUT2D eigenvalue weighted by Gasteiger charge is -2.24. The van der Waals surface area contributed by atoms with Crippen molar-refractivity contribution in [2.24, 2.45) is 7.05 Å². The molecule has 0 amide bonds. The third-order valence-corrected chi connectivity index (χ3v) is 7.86. The van der Waals surface area contributed by atoms with Gasteiger partial charge in [0, 0.05) is 35.6 Å². The maximum atomic E-state index is 6.11. The molecule has 2 aliphatic rings. The van der Waals surface area contributed by atoms with E-state index in [0.29, 0.717) is 29.8 Å². The number of ether oxygens (including phenoxy) is 2. The van der Waals surface area contributed by atoms with Gasteiger partial charge in [0.2, 0.25) is 11.8 Å². The highest BCUT2D eigenvalue weighted by Gasteiger charge is 2.37. The molecule has 1 atom stereocenters. The van der Waals surface area contributed by atoms with Crippen molar-refractivity contribution in [1.82, 2.24) is 39.6 Å². The summed E-state index contributed by atoms with van der Waals surface area (Å²) in [6, 6.07) is 14.6. The molecule has 0 bridgehead atoms. The van der Waals surface area contributed by atoms with Crippen LogP contribution in [0.5, 0.6) is 17.5 Å². The number of aromatic amines is 1. The van der Waals surface area contributed by atoms with E-state index >= 15 is 0 Å². The van der Waals surface area contributed by atoms with E-state index < -0.39 is 0 Å². The van der Waals surface area contributed by atoms with E-state index in [0.717, 1.165) is 45.7 Å². The predicted octanol–water partition coefficient (Wildman–Crippen LogP) is 4.91. The fourth-order valence-electron chi connectivity index (χ4n) is 5.86. The molecule has 2 aromatic carbocycles. The van der Waals surface area contributed by atoms with E-state index in [1.54, 1.807) is 15.5 Å². The monoisotopic (exact) mass is 530 g/mol. The van der Waals surface area contributed by atoms with Crippen molar-refractivity contribution in [3.8, 4) is 28.9 Å². The van der Waals surface area contributed by atoms with Gasteiger partial charge < -0.3 is 9.47 Å². The summed E-state index contributed by atoms with van der Waals surface area (Å²) in [7, 11) is 1.90. The zero-order valence-electron chi connectivity index (χ0n) is 22.1. The molecule has 1 N–H and O–H groups in total. The van der Waals surface area contributed by atoms with Crippen molar-refractivity contribution < 1.29 is 9.47 Å². The summed E-state index contributed by atoms with van der Waals surface area (Å²) in [6.45, 7) is 2.49. The third kappa shape index (κ3) is 3.67. The molecule has 10 nitrogen and oxygen atoms in total. The minimum Gasteiger partial charge on any atom is -0.489 e. The van der Waals surface area contributed by atoms with Crippen LogP contribution in [-0.4, -0.2) is 39.6 Å². The van der Waals surface area contributed by atoms with Crippen molar-refractivity contribution in [2.75, 3.05) is 0 Å². The highest BCUT2D eigenvalue weighted by molar-refractivity contribution is 5.68. The van der Waals surface area contributed by atoms with Crippen molar-refractivity contribution >= 4 is 5.65 Å². The lowest BCUT2D eigenvalue weighted by molar-refractivity contribution is 0.306. The first-order chi connectivity index (χ1) is 19.6. The molecule has 0 spiro atoms. The van der Waals surface area contributed by atoms with Crippen LogP contribution in [0.25, 0.3) is 17.0 Å². The highest BCUT2D eigenvalue weighted by atomic mass is 16.5. The molecule has 1 aliphatic carbocycles. The molecule has 0 radical (unpaired) electrons. The minimum atomic E-state index is -0.196. The summed E-state index contributed by atoms with van der Waals surface area (Å²) in [5.41, 5.74) is 9.26. The predicted molar refractivity (Wildman–Crippen MR) is 147 cm³/mol. The first-order valence-corrected chi connectivity index (χ1v) is 13.4. The fraction of sp³-hybridized carbons (Fsp3) is 0.233. The Balaban J connectivity index is 1.11. The fourth-order valence-corrected chi connectivity index (χ4v) is 5.86. The summed E-state index contributed by atoms with van der Waals surface area (Å²) in [6.07, 6.45) is 9.05. The molecular weight excluding hydrogens is 504 g/mol. The zero-order chi connectivity index (χ0) is 26.8. The number of aromatic nitrogens is 8. The van der Waals surface area contributed by atoms with Crippen LogP contribution in [0.1, 0.15) is 51.4 Å². The number of nitrogens with zero attached hydrogens (tertiary/aromatic N) is 7. The standard InChI is InChI=1S/C30H26N8O2/c1-17-24-25(22-13-32-37(2)14-22)26-28-33-27(36-38(28)16-31-29(26)40-30(24)35-34-17)20-8-6-18(7-9-20)15-39-23-11-10-19-4-3-5-21(19)12-23/h6-14,16,25H,3-5,15H2,1-2H3,(H,34,35)/t25-/m1/s1. The summed E-state index contributed by atoms with van der Waals surface area (Å²) in [4.78, 5) is 9.54. The van der Waals surface area contributed by atoms with Gasteiger partial charge in [-0.05, 0) is 55.0 Å². The normalized spacial score (nSPS) is 15.5. The van der Waals surface area contributed by atoms with E-state index in [-0.39, 0.29) is 5.92 Å². The first-order valence-electron chi connectivity index (χ1n) is 13.4. The van der Waals surface area contributed by atoms with Gasteiger partial charge in [-0.2, -0.15) is 5.10 Å². The van der Waals surface area contributed by atoms with E-state index in [1.165, 1.54) is 24.0 Å². The van der Waals surface area contributed by atoms with E-state index in [4.69, 9.17) is 19.6 Å². The van der Waals surface area contributed by atoms with Crippen molar-refractivity contribution in [3.05, 3.63) is 100 Å². The van der Waals surface area contributed by atoms with E-state index in [2.05, 4.69) is 50.6 Å². The number of aryl methyl sites for hydroxylation is 4. The molecule has 8 rings (SSSR count). The zero-order valence-corrected chi connectivity index (χ0v) is 22.1. The number of H-pyrrole nitrogens is 1. The van der Waals surface area contributed by atoms with E-state index in [1.807, 2.05) is 38.5 Å². The maximum Gasteiger partial charge on any atom is 0.244 e. The number of rotatable bonds is 5. The molecule has 0 unspecified atom stereocenters. The van der Waals surface area contributed by atoms with Crippen LogP contribution in [0.2, 0.25) is 0 Å². The van der Waals surface area contributed by atoms with Gasteiger partial charge in [0.05, 0.1) is 17.7 Å². The third-order valence-electron chi connectivity index (χ3n) is 7.86. The Labute approximate surface area is 229 Å². The Morgan fingerprint density at radius 3 is 2.77 bits per heavy atom. The second-order valence-corrected chi connectivity index (χ2v) is 10.5. The van der Waals surface area contributed by atoms with Gasteiger partial charge >= 0.3 is 0 Å². The number of hydrogen-bond donors (Lipinski definition) is 1. The van der Waals surface area contributed by atoms with Crippen molar-refractivity contribution in [1.29, 1.82) is 0 Å². The number of fused-ring (bicyclic) bond motifs is 5. The molecule has 4 aromatic heterocycles. The van der Waals surface area contributed by atoms with Crippen LogP contribution in [0.3, 0.4) is 0 Å². The van der Waals surface area contributed by atoms with E-state index in [9.17, 15) is 0 Å². The second kappa shape index (κ2) is 8.77. The van der Waals surface area contributed by atoms with Crippen LogP contribution in [0.4, 0.5) is 0 Å². The summed E-state index contributed by atoms with van der Waals surface area (Å²) in [5, 5.41) is 16.6. The molecule has 0 fully saturated rings. The van der Waals surface area contributed by atoms with Crippen molar-refractivity contribution in [3.63, 3.8) is 0 Å². The molecule has 5 heterocycles. The van der Waals surface area contributed by atoms with Crippen LogP contribution in [-0.2, 0) is 26.5 Å². The topological polar surface area (TPSA) is 108 Å². The number of benzene rings is 2. The minimum absolute atomic E-state index is 0.196. The first kappa shape index (κ1) is 22.9. The smallest absolute Gasteiger partial charge is 0.244 e. The Hall–Kier alpha value is -4.99. The summed E-state index contributed by atoms with van der Waals surface area (Å²) >= 11 is 0. The van der Waals surface area contributed by atoms with Gasteiger partial charge in [0.15, 0.2) is 11.5 Å². The van der Waals surface area contributed by atoms with Gasteiger partial charge in [-0.15, -0.1) is 10.2 Å². The molecule has 198 valence electrons. The Bertz CT molecular complexity index is 1900. The van der Waals surface area contributed by atoms with Gasteiger partial charge in [-0.25, -0.2) is 14.5 Å². The Morgan fingerprint density at radius 2 is 1.93 bits per heavy atom. The summed E-state index contributed by atoms with van der Waals surface area (Å²) < 4.78 is 15.7. The molecule has 1 aliphatic heterocycles. The Morgan fingerprint density at radius 1 is 1.05 bits per heavy atom. The molecule has 0 saturated heterocycles. The van der Waals surface area contributed by atoms with Gasteiger partial charge in [-0.3, -0.25) is 9.78 Å². The number of hydrogen-bond acceptors (Lipinski definition) is 7. The molecule has 10 heteroatoms. The molecule has 6 aromatic rings. The summed E-state index contributed by atoms with van der Waals surface area (Å²) in [5.74, 6) is 2.33. The molecule has 0 saturated carbocycles. The lowest BCUT2D eigenvalue weighted by atomic mass is 9.86. The Kier molecular flexibility index (Phi) is 5.03. The van der Waals surface area contributed by atoms with Gasteiger partial charge in [0.1, 0.15) is 18.7 Å². The lowest BCUT2D eigenvalue weighted by Crippen LogP contribution is -2.14. The SMILES string of the molecule is Cc1[nH]nc2c1[C@@H](c1cnn(C)c1)c1c(ncn3nc(-c4ccc(COc5ccc6c(c5)CCC6)cc4)nc13)O2. The van der Waals surface area contributed by atoms with Crippen LogP contribution < -0.4 is 9.47 Å². The van der Waals surface area contributed by atoms with Gasteiger partial charge in [-0.1, -0.05) is 30.3 Å². The van der Waals surface area contributed by atoms with Crippen LogP contribution in [0.15, 0.2) is 61.2 Å². The largest absolute Gasteiger partial charge is 0.489 e. The molecule has 40 heavy (non-hydrogen) atoms. The average molecular weight is 531 g/mol. The van der Waals surface area contributed by atoms with Crippen LogP contribution >= 0.6 is 0 Å². The number of nitrogens with one attached hydrogen (secondary N) is 1. The van der Waals surface area contributed by atoms with Gasteiger partial charge in [0.25, 0.3) is 0 Å². The molecular formula is C30H26N8O2. The van der Waals surface area contributed by atoms with Crippen LogP contribution in [0, 0.1) is 6.92 Å². The highest BCUT2D eigenvalue weighted by Crippen LogP contribution is 2.48.